The Morgan fingerprint density at radius 3 is 2.57 bits per heavy atom. The van der Waals surface area contributed by atoms with Crippen molar-refractivity contribution in [1.82, 2.24) is 9.78 Å². The molecule has 0 radical (unpaired) electrons. The number of hydrogen-bond donors (Lipinski definition) is 1. The molecule has 156 valence electrons. The van der Waals surface area contributed by atoms with Gasteiger partial charge in [0, 0.05) is 10.6 Å². The lowest BCUT2D eigenvalue weighted by atomic mass is 9.80. The van der Waals surface area contributed by atoms with Crippen LogP contribution in [0.15, 0.2) is 36.4 Å². The number of hydrogen-bond acceptors (Lipinski definition) is 4. The third-order valence-corrected chi connectivity index (χ3v) is 5.22. The van der Waals surface area contributed by atoms with Crippen LogP contribution >= 0.6 is 23.8 Å². The van der Waals surface area contributed by atoms with Crippen LogP contribution in [0, 0.1) is 11.3 Å². The number of ether oxygens (including phenoxy) is 1. The molecule has 3 aromatic rings. The monoisotopic (exact) mass is 452 g/mol. The van der Waals surface area contributed by atoms with Gasteiger partial charge in [0.15, 0.2) is 0 Å². The van der Waals surface area contributed by atoms with Gasteiger partial charge in [0.2, 0.25) is 5.88 Å². The minimum absolute atomic E-state index is 0.0620. The zero-order chi connectivity index (χ0) is 22.3. The predicted octanol–water partition coefficient (Wildman–Crippen LogP) is 4.83. The first-order valence-corrected chi connectivity index (χ1v) is 9.41. The van der Waals surface area contributed by atoms with E-state index in [0.29, 0.717) is 21.8 Å². The van der Waals surface area contributed by atoms with Gasteiger partial charge < -0.3 is 10.5 Å². The molecule has 1 atom stereocenters. The summed E-state index contributed by atoms with van der Waals surface area (Å²) in [5.74, 6) is 0.354. The molecule has 0 amide bonds. The molecular formula is C20H16ClF3N4OS. The Bertz CT molecular complexity index is 1190. The second kappa shape index (κ2) is 7.78. The molecule has 1 unspecified atom stereocenters. The maximum atomic E-state index is 13.3. The van der Waals surface area contributed by atoms with E-state index in [0.717, 1.165) is 12.1 Å². The molecule has 0 spiro atoms. The van der Waals surface area contributed by atoms with E-state index in [1.807, 2.05) is 0 Å². The lowest BCUT2D eigenvalue weighted by molar-refractivity contribution is -0.137. The third-order valence-electron chi connectivity index (χ3n) is 4.77. The summed E-state index contributed by atoms with van der Waals surface area (Å²) >= 11 is 11.0. The zero-order valence-electron chi connectivity index (χ0n) is 15.9. The number of rotatable bonds is 5. The molecule has 1 heterocycles. The van der Waals surface area contributed by atoms with Crippen LogP contribution in [0.4, 0.5) is 13.2 Å². The lowest BCUT2D eigenvalue weighted by Crippen LogP contribution is -2.31. The van der Waals surface area contributed by atoms with Gasteiger partial charge in [0.25, 0.3) is 0 Å². The smallest absolute Gasteiger partial charge is 0.416 e. The molecule has 0 fully saturated rings. The van der Waals surface area contributed by atoms with Crippen molar-refractivity contribution in [3.63, 3.8) is 0 Å². The molecular weight excluding hydrogens is 437 g/mol. The van der Waals surface area contributed by atoms with Crippen LogP contribution in [0.25, 0.3) is 10.9 Å². The van der Waals surface area contributed by atoms with Crippen molar-refractivity contribution in [2.24, 2.45) is 5.73 Å². The zero-order valence-corrected chi connectivity index (χ0v) is 17.5. The Balaban J connectivity index is 2.19. The Kier molecular flexibility index (Phi) is 5.67. The number of fused-ring (bicyclic) bond motifs is 1. The second-order valence-electron chi connectivity index (χ2n) is 6.89. The van der Waals surface area contributed by atoms with Crippen molar-refractivity contribution in [3.05, 3.63) is 58.1 Å². The topological polar surface area (TPSA) is 76.9 Å². The van der Waals surface area contributed by atoms with Crippen LogP contribution < -0.4 is 10.5 Å². The van der Waals surface area contributed by atoms with Crippen molar-refractivity contribution < 1.29 is 17.9 Å². The van der Waals surface area contributed by atoms with Gasteiger partial charge in [-0.15, -0.1) is 0 Å². The number of nitriles is 1. The summed E-state index contributed by atoms with van der Waals surface area (Å²) in [6, 6.07) is 10.1. The standard InChI is InChI=1S/C20H16ClF3N4OS/c1-19(9-25,15-7-11(20(22,23)24)3-5-13(15)17(26)30)10-28-18(29-2)14-6-4-12(21)8-16(14)27-28/h3-8H,10H2,1-2H3,(H2,26,30). The fourth-order valence-corrected chi connectivity index (χ4v) is 3.62. The minimum Gasteiger partial charge on any atom is -0.481 e. The van der Waals surface area contributed by atoms with E-state index in [1.165, 1.54) is 24.8 Å². The first-order chi connectivity index (χ1) is 14.0. The van der Waals surface area contributed by atoms with Crippen LogP contribution in [0.5, 0.6) is 5.88 Å². The predicted molar refractivity (Wildman–Crippen MR) is 112 cm³/mol. The van der Waals surface area contributed by atoms with E-state index in [-0.39, 0.29) is 22.7 Å². The van der Waals surface area contributed by atoms with Gasteiger partial charge in [0.1, 0.15) is 4.99 Å². The number of nitrogens with zero attached hydrogens (tertiary/aromatic N) is 3. The molecule has 5 nitrogen and oxygen atoms in total. The Morgan fingerprint density at radius 1 is 1.30 bits per heavy atom. The Labute approximate surface area is 180 Å². The molecule has 30 heavy (non-hydrogen) atoms. The van der Waals surface area contributed by atoms with Gasteiger partial charge in [-0.05, 0) is 42.8 Å². The van der Waals surface area contributed by atoms with Crippen LogP contribution in [-0.2, 0) is 18.1 Å². The highest BCUT2D eigenvalue weighted by Gasteiger charge is 2.37. The van der Waals surface area contributed by atoms with Gasteiger partial charge in [-0.3, -0.25) is 0 Å². The number of aromatic nitrogens is 2. The molecule has 0 aliphatic carbocycles. The summed E-state index contributed by atoms with van der Waals surface area (Å²) in [5, 5.41) is 15.5. The maximum absolute atomic E-state index is 13.3. The number of halogens is 4. The van der Waals surface area contributed by atoms with Gasteiger partial charge >= 0.3 is 6.18 Å². The van der Waals surface area contributed by atoms with Crippen LogP contribution in [0.2, 0.25) is 5.02 Å². The Hall–Kier alpha value is -2.83. The lowest BCUT2D eigenvalue weighted by Gasteiger charge is -2.26. The van der Waals surface area contributed by atoms with E-state index >= 15 is 0 Å². The quantitative estimate of drug-likeness (QED) is 0.561. The van der Waals surface area contributed by atoms with Crippen molar-refractivity contribution in [3.8, 4) is 11.9 Å². The summed E-state index contributed by atoms with van der Waals surface area (Å²) in [5.41, 5.74) is 4.17. The van der Waals surface area contributed by atoms with Crippen LogP contribution in [0.1, 0.15) is 23.6 Å². The molecule has 0 aliphatic heterocycles. The van der Waals surface area contributed by atoms with E-state index in [1.54, 1.807) is 18.2 Å². The van der Waals surface area contributed by atoms with Gasteiger partial charge in [0.05, 0.1) is 41.6 Å². The third kappa shape index (κ3) is 3.93. The van der Waals surface area contributed by atoms with Gasteiger partial charge in [-0.25, -0.2) is 4.68 Å². The highest BCUT2D eigenvalue weighted by atomic mass is 35.5. The van der Waals surface area contributed by atoms with E-state index in [2.05, 4.69) is 11.2 Å². The van der Waals surface area contributed by atoms with Crippen LogP contribution in [0.3, 0.4) is 0 Å². The molecule has 3 rings (SSSR count). The van der Waals surface area contributed by atoms with E-state index < -0.39 is 17.2 Å². The van der Waals surface area contributed by atoms with Crippen molar-refractivity contribution in [2.75, 3.05) is 7.11 Å². The molecule has 0 aliphatic rings. The molecule has 0 saturated carbocycles. The summed E-state index contributed by atoms with van der Waals surface area (Å²) in [4.78, 5) is -0.107. The number of benzene rings is 2. The average Bonchev–Trinajstić information content (AvgIpc) is 3.02. The molecule has 10 heteroatoms. The summed E-state index contributed by atoms with van der Waals surface area (Å²) in [6.45, 7) is 1.40. The van der Waals surface area contributed by atoms with Gasteiger partial charge in [-0.2, -0.15) is 23.5 Å². The number of thiocarbonyl (C=S) groups is 1. The normalized spacial score (nSPS) is 13.6. The fourth-order valence-electron chi connectivity index (χ4n) is 3.28. The summed E-state index contributed by atoms with van der Waals surface area (Å²) in [7, 11) is 1.44. The van der Waals surface area contributed by atoms with E-state index in [4.69, 9.17) is 34.3 Å². The van der Waals surface area contributed by atoms with Crippen molar-refractivity contribution in [2.45, 2.75) is 25.1 Å². The van der Waals surface area contributed by atoms with Gasteiger partial charge in [-0.1, -0.05) is 29.9 Å². The molecule has 0 saturated heterocycles. The highest BCUT2D eigenvalue weighted by Crippen LogP contribution is 2.37. The second-order valence-corrected chi connectivity index (χ2v) is 7.77. The van der Waals surface area contributed by atoms with Crippen LogP contribution in [-0.4, -0.2) is 21.9 Å². The highest BCUT2D eigenvalue weighted by molar-refractivity contribution is 7.80. The fraction of sp³-hybridized carbons (Fsp3) is 0.250. The summed E-state index contributed by atoms with van der Waals surface area (Å²) in [6.07, 6.45) is -4.59. The molecule has 1 aromatic heterocycles. The number of methoxy groups -OCH3 is 1. The molecule has 2 N–H and O–H groups in total. The largest absolute Gasteiger partial charge is 0.481 e. The number of nitrogens with two attached hydrogens (primary N) is 1. The minimum atomic E-state index is -4.59. The first-order valence-electron chi connectivity index (χ1n) is 8.63. The number of alkyl halides is 3. The molecule has 0 bridgehead atoms. The Morgan fingerprint density at radius 2 is 2.00 bits per heavy atom. The first kappa shape index (κ1) is 21.9. The SMILES string of the molecule is COc1c2ccc(Cl)cc2nn1CC(C)(C#N)c1cc(C(F)(F)F)ccc1C(N)=S. The maximum Gasteiger partial charge on any atom is 0.416 e. The van der Waals surface area contributed by atoms with E-state index in [9.17, 15) is 18.4 Å². The molecule has 2 aromatic carbocycles. The summed E-state index contributed by atoms with van der Waals surface area (Å²) < 4.78 is 46.8. The average molecular weight is 453 g/mol. The van der Waals surface area contributed by atoms with Crippen molar-refractivity contribution >= 4 is 39.7 Å². The van der Waals surface area contributed by atoms with Crippen molar-refractivity contribution in [1.29, 1.82) is 5.26 Å².